The Morgan fingerprint density at radius 3 is 2.74 bits per heavy atom. The summed E-state index contributed by atoms with van der Waals surface area (Å²) >= 11 is 5.96. The fourth-order valence-corrected chi connectivity index (χ4v) is 4.42. The summed E-state index contributed by atoms with van der Waals surface area (Å²) in [5.41, 5.74) is 0.306. The molecule has 2 atom stereocenters. The third-order valence-corrected chi connectivity index (χ3v) is 6.38. The van der Waals surface area contributed by atoms with Gasteiger partial charge in [-0.15, -0.1) is 0 Å². The lowest BCUT2D eigenvalue weighted by molar-refractivity contribution is -0.212. The van der Waals surface area contributed by atoms with E-state index in [1.54, 1.807) is 26.1 Å². The molecule has 3 aromatic rings. The van der Waals surface area contributed by atoms with Gasteiger partial charge in [-0.3, -0.25) is 9.36 Å². The fourth-order valence-electron chi connectivity index (χ4n) is 4.26. The highest BCUT2D eigenvalue weighted by molar-refractivity contribution is 6.30. The molecule has 7 nitrogen and oxygen atoms in total. The van der Waals surface area contributed by atoms with Gasteiger partial charge in [0.1, 0.15) is 17.2 Å². The molecule has 0 saturated carbocycles. The van der Waals surface area contributed by atoms with Crippen molar-refractivity contribution in [3.8, 4) is 11.3 Å². The number of morpholine rings is 1. The molecule has 2 aliphatic rings. The summed E-state index contributed by atoms with van der Waals surface area (Å²) in [5.74, 6) is -0.00785. The van der Waals surface area contributed by atoms with Crippen LogP contribution < -0.4 is 10.9 Å². The number of hydrogen-bond acceptors (Lipinski definition) is 6. The van der Waals surface area contributed by atoms with E-state index in [1.807, 2.05) is 0 Å². The Hall–Kier alpha value is -2.39. The monoisotopic (exact) mass is 444 g/mol. The van der Waals surface area contributed by atoms with Crippen LogP contribution in [0, 0.1) is 12.7 Å². The van der Waals surface area contributed by atoms with Crippen molar-refractivity contribution in [2.75, 3.05) is 26.3 Å². The van der Waals surface area contributed by atoms with Crippen molar-refractivity contribution in [2.45, 2.75) is 25.0 Å². The van der Waals surface area contributed by atoms with Gasteiger partial charge in [0.15, 0.2) is 0 Å². The Labute approximate surface area is 183 Å². The Morgan fingerprint density at radius 1 is 1.29 bits per heavy atom. The number of halogens is 2. The maximum atomic E-state index is 15.0. The summed E-state index contributed by atoms with van der Waals surface area (Å²) < 4.78 is 28.5. The standard InChI is InChI=1S/C22H22ClFN4O3/c1-12-26-16-10-17(22(18-5-7-30-18)11-25-6-8-31-22)27-20(19(16)21(29)28(12)2)14-4-3-13(23)9-15(14)24/h3-4,9-10,18,25H,5-8,11H2,1-2H3/t18-,22-/m0/s1. The van der Waals surface area contributed by atoms with Gasteiger partial charge in [0, 0.05) is 43.8 Å². The first-order valence-electron chi connectivity index (χ1n) is 10.2. The van der Waals surface area contributed by atoms with Crippen molar-refractivity contribution in [3.05, 3.63) is 57.0 Å². The minimum atomic E-state index is -0.834. The molecule has 5 rings (SSSR count). The molecule has 0 amide bonds. The molecule has 31 heavy (non-hydrogen) atoms. The highest BCUT2D eigenvalue weighted by Crippen LogP contribution is 2.39. The number of aryl methyl sites for hydroxylation is 1. The molecule has 0 unspecified atom stereocenters. The zero-order chi connectivity index (χ0) is 21.8. The predicted molar refractivity (Wildman–Crippen MR) is 115 cm³/mol. The molecule has 0 bridgehead atoms. The highest BCUT2D eigenvalue weighted by Gasteiger charge is 2.48. The third kappa shape index (κ3) is 3.25. The van der Waals surface area contributed by atoms with Crippen molar-refractivity contribution in [2.24, 2.45) is 7.05 Å². The molecule has 1 N–H and O–H groups in total. The lowest BCUT2D eigenvalue weighted by Gasteiger charge is -2.46. The summed E-state index contributed by atoms with van der Waals surface area (Å²) in [7, 11) is 1.64. The summed E-state index contributed by atoms with van der Waals surface area (Å²) in [5, 5.41) is 3.88. The van der Waals surface area contributed by atoms with E-state index >= 15 is 0 Å². The van der Waals surface area contributed by atoms with Gasteiger partial charge in [-0.2, -0.15) is 0 Å². The van der Waals surface area contributed by atoms with Gasteiger partial charge in [0.2, 0.25) is 0 Å². The maximum absolute atomic E-state index is 15.0. The topological polar surface area (TPSA) is 78.3 Å². The second-order valence-corrected chi connectivity index (χ2v) is 8.40. The maximum Gasteiger partial charge on any atom is 0.263 e. The highest BCUT2D eigenvalue weighted by atomic mass is 35.5. The summed E-state index contributed by atoms with van der Waals surface area (Å²) in [6.07, 6.45) is 0.649. The number of ether oxygens (including phenoxy) is 2. The molecule has 0 radical (unpaired) electrons. The number of hydrogen-bond donors (Lipinski definition) is 1. The average Bonchev–Trinajstić information content (AvgIpc) is 2.71. The molecule has 162 valence electrons. The van der Waals surface area contributed by atoms with Gasteiger partial charge >= 0.3 is 0 Å². The average molecular weight is 445 g/mol. The summed E-state index contributed by atoms with van der Waals surface area (Å²) in [6.45, 7) is 4.13. The van der Waals surface area contributed by atoms with Crippen LogP contribution in [0.5, 0.6) is 0 Å². The van der Waals surface area contributed by atoms with Crippen LogP contribution in [0.3, 0.4) is 0 Å². The van der Waals surface area contributed by atoms with E-state index in [9.17, 15) is 9.18 Å². The van der Waals surface area contributed by atoms with Crippen LogP contribution in [-0.2, 0) is 22.1 Å². The van der Waals surface area contributed by atoms with Crippen molar-refractivity contribution in [1.29, 1.82) is 0 Å². The summed E-state index contributed by atoms with van der Waals surface area (Å²) in [6, 6.07) is 6.10. The Kier molecular flexibility index (Phi) is 5.05. The number of rotatable bonds is 3. The SMILES string of the molecule is Cc1nc2cc([C@]3([C@@H]4CCO4)CNCCO3)nc(-c3ccc(Cl)cc3F)c2c(=O)n1C. The largest absolute Gasteiger partial charge is 0.375 e. The van der Waals surface area contributed by atoms with E-state index in [0.29, 0.717) is 36.8 Å². The molecule has 2 aromatic heterocycles. The third-order valence-electron chi connectivity index (χ3n) is 6.15. The van der Waals surface area contributed by atoms with Gasteiger partial charge < -0.3 is 14.8 Å². The Morgan fingerprint density at radius 2 is 2.10 bits per heavy atom. The van der Waals surface area contributed by atoms with E-state index in [2.05, 4.69) is 10.3 Å². The molecule has 2 fully saturated rings. The fraction of sp³-hybridized carbons (Fsp3) is 0.409. The molecule has 0 aliphatic carbocycles. The normalized spacial score (nSPS) is 23.7. The van der Waals surface area contributed by atoms with E-state index in [4.69, 9.17) is 26.1 Å². The molecular formula is C22H22ClFN4O3. The lowest BCUT2D eigenvalue weighted by Crippen LogP contribution is -2.58. The van der Waals surface area contributed by atoms with Crippen LogP contribution in [0.1, 0.15) is 17.9 Å². The molecule has 9 heteroatoms. The number of nitrogens with one attached hydrogen (secondary N) is 1. The van der Waals surface area contributed by atoms with Crippen molar-refractivity contribution >= 4 is 22.5 Å². The molecule has 1 aromatic carbocycles. The smallest absolute Gasteiger partial charge is 0.263 e. The van der Waals surface area contributed by atoms with Crippen LogP contribution >= 0.6 is 11.6 Å². The number of nitrogens with zero attached hydrogens (tertiary/aromatic N) is 3. The van der Waals surface area contributed by atoms with E-state index in [0.717, 1.165) is 13.0 Å². The second-order valence-electron chi connectivity index (χ2n) is 7.96. The first-order chi connectivity index (χ1) is 14.9. The van der Waals surface area contributed by atoms with Gasteiger partial charge in [0.25, 0.3) is 5.56 Å². The molecule has 4 heterocycles. The lowest BCUT2D eigenvalue weighted by atomic mass is 9.85. The minimum Gasteiger partial charge on any atom is -0.375 e. The first-order valence-corrected chi connectivity index (χ1v) is 10.6. The molecule has 2 saturated heterocycles. The van der Waals surface area contributed by atoms with Crippen molar-refractivity contribution < 1.29 is 13.9 Å². The number of pyridine rings is 1. The quantitative estimate of drug-likeness (QED) is 0.669. The van der Waals surface area contributed by atoms with Crippen LogP contribution in [0.15, 0.2) is 29.1 Å². The Balaban J connectivity index is 1.83. The van der Waals surface area contributed by atoms with Crippen LogP contribution in [0.25, 0.3) is 22.2 Å². The van der Waals surface area contributed by atoms with E-state index < -0.39 is 11.4 Å². The molecule has 2 aliphatic heterocycles. The number of aromatic nitrogens is 3. The van der Waals surface area contributed by atoms with Gasteiger partial charge in [-0.25, -0.2) is 14.4 Å². The number of benzene rings is 1. The predicted octanol–water partition coefficient (Wildman–Crippen LogP) is 2.70. The van der Waals surface area contributed by atoms with Gasteiger partial charge in [0.05, 0.1) is 35.0 Å². The minimum absolute atomic E-state index is 0.180. The van der Waals surface area contributed by atoms with Gasteiger partial charge in [-0.05, 0) is 31.2 Å². The number of fused-ring (bicyclic) bond motifs is 1. The molecule has 0 spiro atoms. The van der Waals surface area contributed by atoms with Gasteiger partial charge in [-0.1, -0.05) is 11.6 Å². The molecular weight excluding hydrogens is 423 g/mol. The van der Waals surface area contributed by atoms with Crippen LogP contribution in [-0.4, -0.2) is 46.9 Å². The van der Waals surface area contributed by atoms with E-state index in [1.165, 1.54) is 16.7 Å². The Bertz CT molecular complexity index is 1240. The second kappa shape index (κ2) is 7.63. The van der Waals surface area contributed by atoms with Crippen LogP contribution in [0.4, 0.5) is 4.39 Å². The first kappa shape index (κ1) is 20.5. The van der Waals surface area contributed by atoms with Crippen molar-refractivity contribution in [3.63, 3.8) is 0 Å². The van der Waals surface area contributed by atoms with Crippen LogP contribution in [0.2, 0.25) is 5.02 Å². The van der Waals surface area contributed by atoms with E-state index in [-0.39, 0.29) is 33.3 Å². The zero-order valence-corrected chi connectivity index (χ0v) is 18.0. The summed E-state index contributed by atoms with van der Waals surface area (Å²) in [4.78, 5) is 22.6. The van der Waals surface area contributed by atoms with Crippen molar-refractivity contribution in [1.82, 2.24) is 19.9 Å². The zero-order valence-electron chi connectivity index (χ0n) is 17.2.